The van der Waals surface area contributed by atoms with Gasteiger partial charge in [0.25, 0.3) is 5.91 Å². The molecule has 0 spiro atoms. The van der Waals surface area contributed by atoms with Crippen LogP contribution in [0.15, 0.2) is 41.4 Å². The molecule has 1 saturated carbocycles. The van der Waals surface area contributed by atoms with Gasteiger partial charge in [-0.2, -0.15) is 0 Å². The number of nitrogens with zero attached hydrogens (tertiary/aromatic N) is 1. The van der Waals surface area contributed by atoms with Crippen LogP contribution in [0.2, 0.25) is 5.02 Å². The summed E-state index contributed by atoms with van der Waals surface area (Å²) >= 11 is 5.86. The molecule has 0 aliphatic heterocycles. The van der Waals surface area contributed by atoms with Gasteiger partial charge in [-0.25, -0.2) is 18.2 Å². The lowest BCUT2D eigenvalue weighted by Gasteiger charge is -2.24. The van der Waals surface area contributed by atoms with Crippen molar-refractivity contribution in [2.75, 3.05) is 5.32 Å². The van der Waals surface area contributed by atoms with Gasteiger partial charge in [0.05, 0.1) is 12.0 Å². The third-order valence-corrected chi connectivity index (χ3v) is 5.11. The maximum absolute atomic E-state index is 13.7. The standard InChI is InChI=1S/C21H19ClF3N3O3/c22-13-8-14(23)10-16(9-13)27-21(26-15-4-1-11(2-5-15)20(30)31)28-19(29)12-3-6-17(24)18(25)7-12/h3,6-11,15H,1-2,4-5H2,(H,30,31)(H2,26,27,28,29). The van der Waals surface area contributed by atoms with E-state index in [1.165, 1.54) is 6.07 Å². The van der Waals surface area contributed by atoms with Crippen molar-refractivity contribution in [3.63, 3.8) is 0 Å². The van der Waals surface area contributed by atoms with E-state index in [-0.39, 0.29) is 28.3 Å². The fourth-order valence-electron chi connectivity index (χ4n) is 3.31. The van der Waals surface area contributed by atoms with Crippen LogP contribution >= 0.6 is 11.6 Å². The number of hydrogen-bond donors (Lipinski definition) is 3. The van der Waals surface area contributed by atoms with E-state index in [0.29, 0.717) is 25.7 Å². The largest absolute Gasteiger partial charge is 0.481 e. The molecule has 1 fully saturated rings. The SMILES string of the molecule is O=C(NC(=NC1CCC(C(=O)O)CC1)Nc1cc(F)cc(Cl)c1)c1ccc(F)c(F)c1. The highest BCUT2D eigenvalue weighted by Gasteiger charge is 2.26. The van der Waals surface area contributed by atoms with Crippen LogP contribution < -0.4 is 10.6 Å². The van der Waals surface area contributed by atoms with E-state index in [1.807, 2.05) is 0 Å². The Labute approximate surface area is 181 Å². The number of guanidine groups is 1. The molecular weight excluding hydrogens is 435 g/mol. The highest BCUT2D eigenvalue weighted by molar-refractivity contribution is 6.31. The van der Waals surface area contributed by atoms with Gasteiger partial charge in [-0.05, 0) is 62.1 Å². The number of anilines is 1. The minimum absolute atomic E-state index is 0.0461. The van der Waals surface area contributed by atoms with Crippen LogP contribution in [-0.4, -0.2) is 29.0 Å². The monoisotopic (exact) mass is 453 g/mol. The number of rotatable bonds is 4. The van der Waals surface area contributed by atoms with Crippen molar-refractivity contribution in [3.8, 4) is 0 Å². The van der Waals surface area contributed by atoms with Crippen molar-refractivity contribution in [2.24, 2.45) is 10.9 Å². The van der Waals surface area contributed by atoms with Gasteiger partial charge in [0.1, 0.15) is 5.82 Å². The molecule has 0 aromatic heterocycles. The zero-order valence-electron chi connectivity index (χ0n) is 16.2. The highest BCUT2D eigenvalue weighted by Crippen LogP contribution is 2.27. The Morgan fingerprint density at radius 1 is 1.00 bits per heavy atom. The number of aliphatic imine (C=N–C) groups is 1. The van der Waals surface area contributed by atoms with Crippen LogP contribution in [0.3, 0.4) is 0 Å². The van der Waals surface area contributed by atoms with Gasteiger partial charge in [-0.3, -0.25) is 14.9 Å². The zero-order chi connectivity index (χ0) is 22.5. The molecule has 3 rings (SSSR count). The first-order valence-electron chi connectivity index (χ1n) is 9.51. The molecule has 1 aliphatic carbocycles. The lowest BCUT2D eigenvalue weighted by atomic mass is 9.86. The number of carbonyl (C=O) groups is 2. The second-order valence-electron chi connectivity index (χ2n) is 7.19. The predicted molar refractivity (Wildman–Crippen MR) is 110 cm³/mol. The maximum Gasteiger partial charge on any atom is 0.306 e. The van der Waals surface area contributed by atoms with Gasteiger partial charge in [0.15, 0.2) is 11.6 Å². The normalized spacial score (nSPS) is 19.0. The number of benzene rings is 2. The third-order valence-electron chi connectivity index (χ3n) is 4.90. The van der Waals surface area contributed by atoms with E-state index in [4.69, 9.17) is 16.7 Å². The van der Waals surface area contributed by atoms with Crippen molar-refractivity contribution in [1.29, 1.82) is 0 Å². The van der Waals surface area contributed by atoms with Crippen molar-refractivity contribution >= 4 is 35.1 Å². The van der Waals surface area contributed by atoms with Crippen LogP contribution in [0.5, 0.6) is 0 Å². The number of carboxylic acid groups (broad SMARTS) is 1. The number of nitrogens with one attached hydrogen (secondary N) is 2. The summed E-state index contributed by atoms with van der Waals surface area (Å²) in [6, 6.07) is 6.08. The molecule has 1 amide bonds. The van der Waals surface area contributed by atoms with Gasteiger partial charge in [-0.1, -0.05) is 11.6 Å². The molecule has 2 aromatic carbocycles. The Kier molecular flexibility index (Phi) is 7.17. The number of halogens is 4. The Hall–Kier alpha value is -3.07. The first kappa shape index (κ1) is 22.6. The fourth-order valence-corrected chi connectivity index (χ4v) is 3.53. The van der Waals surface area contributed by atoms with Crippen molar-refractivity contribution in [2.45, 2.75) is 31.7 Å². The molecule has 0 bridgehead atoms. The molecule has 0 unspecified atom stereocenters. The lowest BCUT2D eigenvalue weighted by Crippen LogP contribution is -2.37. The highest BCUT2D eigenvalue weighted by atomic mass is 35.5. The average molecular weight is 454 g/mol. The van der Waals surface area contributed by atoms with Gasteiger partial charge in [0.2, 0.25) is 5.96 Å². The fraction of sp³-hybridized carbons (Fsp3) is 0.286. The van der Waals surface area contributed by atoms with E-state index in [2.05, 4.69) is 15.6 Å². The molecule has 10 heteroatoms. The lowest BCUT2D eigenvalue weighted by molar-refractivity contribution is -0.142. The summed E-state index contributed by atoms with van der Waals surface area (Å²) in [5.74, 6) is -4.98. The molecular formula is C21H19ClF3N3O3. The summed E-state index contributed by atoms with van der Waals surface area (Å²) in [4.78, 5) is 28.1. The Morgan fingerprint density at radius 3 is 2.32 bits per heavy atom. The molecule has 1 aliphatic rings. The van der Waals surface area contributed by atoms with E-state index < -0.39 is 35.2 Å². The maximum atomic E-state index is 13.7. The van der Waals surface area contributed by atoms with Crippen molar-refractivity contribution in [1.82, 2.24) is 5.32 Å². The van der Waals surface area contributed by atoms with Gasteiger partial charge >= 0.3 is 5.97 Å². The second kappa shape index (κ2) is 9.82. The quantitative estimate of drug-likeness (QED) is 0.466. The molecule has 0 atom stereocenters. The predicted octanol–water partition coefficient (Wildman–Crippen LogP) is 4.60. The molecule has 31 heavy (non-hydrogen) atoms. The molecule has 6 nitrogen and oxygen atoms in total. The summed E-state index contributed by atoms with van der Waals surface area (Å²) in [5, 5.41) is 14.5. The molecule has 0 heterocycles. The minimum Gasteiger partial charge on any atom is -0.481 e. The Morgan fingerprint density at radius 2 is 1.71 bits per heavy atom. The van der Waals surface area contributed by atoms with Crippen LogP contribution in [0, 0.1) is 23.4 Å². The summed E-state index contributed by atoms with van der Waals surface area (Å²) < 4.78 is 40.3. The summed E-state index contributed by atoms with van der Waals surface area (Å²) in [5.41, 5.74) is 0.0776. The first-order chi connectivity index (χ1) is 14.7. The van der Waals surface area contributed by atoms with Gasteiger partial charge in [-0.15, -0.1) is 0 Å². The smallest absolute Gasteiger partial charge is 0.306 e. The van der Waals surface area contributed by atoms with Crippen LogP contribution in [0.1, 0.15) is 36.0 Å². The third kappa shape index (κ3) is 6.21. The molecule has 2 aromatic rings. The van der Waals surface area contributed by atoms with E-state index in [9.17, 15) is 22.8 Å². The number of carboxylic acids is 1. The molecule has 3 N–H and O–H groups in total. The average Bonchev–Trinajstić information content (AvgIpc) is 2.69. The van der Waals surface area contributed by atoms with Crippen molar-refractivity contribution in [3.05, 3.63) is 64.4 Å². The summed E-state index contributed by atoms with van der Waals surface area (Å²) in [6.07, 6.45) is 1.82. The van der Waals surface area contributed by atoms with E-state index in [1.54, 1.807) is 0 Å². The molecule has 0 saturated heterocycles. The first-order valence-corrected chi connectivity index (χ1v) is 9.89. The van der Waals surface area contributed by atoms with Crippen LogP contribution in [0.4, 0.5) is 18.9 Å². The number of carbonyl (C=O) groups excluding carboxylic acids is 1. The van der Waals surface area contributed by atoms with E-state index in [0.717, 1.165) is 30.3 Å². The minimum atomic E-state index is -1.18. The summed E-state index contributed by atoms with van der Waals surface area (Å²) in [6.45, 7) is 0. The molecule has 0 radical (unpaired) electrons. The Balaban J connectivity index is 1.82. The van der Waals surface area contributed by atoms with Crippen LogP contribution in [-0.2, 0) is 4.79 Å². The number of aliphatic carboxylic acids is 1. The number of hydrogen-bond acceptors (Lipinski definition) is 3. The number of amides is 1. The second-order valence-corrected chi connectivity index (χ2v) is 7.62. The Bertz CT molecular complexity index is 1000. The van der Waals surface area contributed by atoms with Crippen LogP contribution in [0.25, 0.3) is 0 Å². The zero-order valence-corrected chi connectivity index (χ0v) is 16.9. The summed E-state index contributed by atoms with van der Waals surface area (Å²) in [7, 11) is 0. The molecule has 164 valence electrons. The van der Waals surface area contributed by atoms with E-state index >= 15 is 0 Å². The topological polar surface area (TPSA) is 90.8 Å². The van der Waals surface area contributed by atoms with Crippen molar-refractivity contribution < 1.29 is 27.9 Å². The van der Waals surface area contributed by atoms with Gasteiger partial charge in [0, 0.05) is 16.3 Å². The van der Waals surface area contributed by atoms with Gasteiger partial charge < -0.3 is 10.4 Å².